The lowest BCUT2D eigenvalue weighted by atomic mass is 10.2. The molecule has 0 bridgehead atoms. The molecule has 0 spiro atoms. The van der Waals surface area contributed by atoms with Gasteiger partial charge in [-0.2, -0.15) is 0 Å². The highest BCUT2D eigenvalue weighted by molar-refractivity contribution is 7.97. The van der Waals surface area contributed by atoms with E-state index in [1.807, 2.05) is 30.3 Å². The summed E-state index contributed by atoms with van der Waals surface area (Å²) in [6, 6.07) is 16.4. The molecule has 28 heavy (non-hydrogen) atoms. The van der Waals surface area contributed by atoms with Crippen LogP contribution in [0.15, 0.2) is 77.1 Å². The summed E-state index contributed by atoms with van der Waals surface area (Å²) in [5, 5.41) is 4.42. The van der Waals surface area contributed by atoms with Gasteiger partial charge in [0.2, 0.25) is 5.78 Å². The van der Waals surface area contributed by atoms with Crippen molar-refractivity contribution in [2.24, 2.45) is 0 Å². The van der Waals surface area contributed by atoms with Gasteiger partial charge in [-0.25, -0.2) is 12.8 Å². The van der Waals surface area contributed by atoms with E-state index in [4.69, 9.17) is 0 Å². The Bertz CT molecular complexity index is 1170. The zero-order valence-electron chi connectivity index (χ0n) is 14.5. The summed E-state index contributed by atoms with van der Waals surface area (Å²) in [4.78, 5) is 12.8. The number of fused-ring (bicyclic) bond motifs is 1. The normalized spacial score (nSPS) is 16.8. The van der Waals surface area contributed by atoms with E-state index < -0.39 is 21.6 Å². The van der Waals surface area contributed by atoms with Gasteiger partial charge in [-0.3, -0.25) is 9.10 Å². The van der Waals surface area contributed by atoms with Gasteiger partial charge in [-0.1, -0.05) is 36.4 Å². The van der Waals surface area contributed by atoms with Crippen LogP contribution in [-0.2, 0) is 16.6 Å². The fourth-order valence-electron chi connectivity index (χ4n) is 2.93. The Hall–Kier alpha value is -2.97. The Balaban J connectivity index is 1.75. The van der Waals surface area contributed by atoms with Crippen molar-refractivity contribution in [2.45, 2.75) is 6.54 Å². The van der Waals surface area contributed by atoms with Crippen LogP contribution < -0.4 is 9.62 Å². The highest BCUT2D eigenvalue weighted by Gasteiger charge is 2.41. The van der Waals surface area contributed by atoms with Crippen LogP contribution in [0, 0.1) is 5.82 Å². The summed E-state index contributed by atoms with van der Waals surface area (Å²) in [5.74, 6) is -1.04. The number of hydrogen-bond donors (Lipinski definition) is 1. The first kappa shape index (κ1) is 18.4. The number of nitrogens with zero attached hydrogens (tertiary/aromatic N) is 1. The van der Waals surface area contributed by atoms with Crippen LogP contribution in [0.1, 0.15) is 15.2 Å². The molecule has 142 valence electrons. The molecule has 1 aromatic heterocycles. The maximum absolute atomic E-state index is 13.4. The fourth-order valence-corrected chi connectivity index (χ4v) is 5.42. The number of carbonyl (C=O) groups excluding carboxylic acids is 1. The Morgan fingerprint density at radius 1 is 1.07 bits per heavy atom. The molecule has 2 heterocycles. The molecule has 0 unspecified atom stereocenters. The second-order valence-electron chi connectivity index (χ2n) is 6.12. The number of halogens is 1. The topological polar surface area (TPSA) is 66.5 Å². The third-order valence-electron chi connectivity index (χ3n) is 4.27. The van der Waals surface area contributed by atoms with Crippen LogP contribution in [-0.4, -0.2) is 14.2 Å². The summed E-state index contributed by atoms with van der Waals surface area (Å²) >= 11 is 1.19. The Kier molecular flexibility index (Phi) is 4.74. The van der Waals surface area contributed by atoms with E-state index in [9.17, 15) is 17.6 Å². The zero-order chi connectivity index (χ0) is 19.7. The van der Waals surface area contributed by atoms with Gasteiger partial charge >= 0.3 is 0 Å². The maximum atomic E-state index is 13.4. The minimum atomic E-state index is -4.08. The van der Waals surface area contributed by atoms with Gasteiger partial charge in [0.1, 0.15) is 10.7 Å². The van der Waals surface area contributed by atoms with E-state index in [0.29, 0.717) is 16.3 Å². The average Bonchev–Trinajstić information content (AvgIpc) is 3.15. The molecule has 0 amide bonds. The van der Waals surface area contributed by atoms with Crippen molar-refractivity contribution in [1.82, 2.24) is 0 Å². The van der Waals surface area contributed by atoms with Crippen LogP contribution in [0.5, 0.6) is 0 Å². The number of nitrogens with one attached hydrogen (secondary N) is 1. The third-order valence-corrected chi connectivity index (χ3v) is 6.94. The van der Waals surface area contributed by atoms with Crippen LogP contribution >= 0.6 is 11.3 Å². The largest absolute Gasteiger partial charge is 0.360 e. The molecule has 0 saturated carbocycles. The van der Waals surface area contributed by atoms with E-state index in [0.717, 1.165) is 11.8 Å². The molecule has 3 aromatic rings. The van der Waals surface area contributed by atoms with Gasteiger partial charge in [0.05, 0.1) is 12.2 Å². The van der Waals surface area contributed by atoms with Crippen molar-refractivity contribution in [3.8, 4) is 0 Å². The molecule has 4 rings (SSSR count). The number of rotatable bonds is 4. The number of thiophene rings is 1. The van der Waals surface area contributed by atoms with Crippen LogP contribution in [0.4, 0.5) is 15.8 Å². The molecule has 1 aliphatic rings. The lowest BCUT2D eigenvalue weighted by molar-refractivity contribution is 0.104. The number of anilines is 2. The number of Topliss-reactive ketones (excluding diaryl/α,β-unsaturated/α-hetero) is 1. The number of benzene rings is 2. The second kappa shape index (κ2) is 7.21. The molecule has 0 saturated heterocycles. The SMILES string of the molecule is O=C1C(=CNc2cccc(F)c2)S(=O)(=O)N(Cc2ccccc2)c2ccsc21. The second-order valence-corrected chi connectivity index (χ2v) is 8.87. The molecule has 2 aromatic carbocycles. The van der Waals surface area contributed by atoms with E-state index in [1.165, 1.54) is 33.8 Å². The summed E-state index contributed by atoms with van der Waals surface area (Å²) in [6.07, 6.45) is 1.13. The quantitative estimate of drug-likeness (QED) is 0.644. The Morgan fingerprint density at radius 3 is 2.61 bits per heavy atom. The summed E-state index contributed by atoms with van der Waals surface area (Å²) < 4.78 is 41.0. The molecule has 5 nitrogen and oxygen atoms in total. The molecule has 0 aliphatic carbocycles. The van der Waals surface area contributed by atoms with E-state index >= 15 is 0 Å². The van der Waals surface area contributed by atoms with Gasteiger partial charge in [-0.15, -0.1) is 11.3 Å². The van der Waals surface area contributed by atoms with E-state index in [1.54, 1.807) is 17.5 Å². The predicted octanol–water partition coefficient (Wildman–Crippen LogP) is 4.37. The zero-order valence-corrected chi connectivity index (χ0v) is 16.1. The van der Waals surface area contributed by atoms with Gasteiger partial charge in [0.15, 0.2) is 4.91 Å². The first-order chi connectivity index (χ1) is 13.5. The molecule has 0 fully saturated rings. The first-order valence-corrected chi connectivity index (χ1v) is 10.7. The molecular weight excluding hydrogens is 399 g/mol. The number of hydrogen-bond acceptors (Lipinski definition) is 5. The smallest absolute Gasteiger partial charge is 0.270 e. The third kappa shape index (κ3) is 3.32. The number of allylic oxidation sites excluding steroid dienone is 1. The maximum Gasteiger partial charge on any atom is 0.270 e. The standard InChI is InChI=1S/C20H15FN2O3S2/c21-15-7-4-8-16(11-15)22-12-18-19(24)20-17(9-10-27-20)23(28(18,25)26)13-14-5-2-1-3-6-14/h1-12,22H,13H2. The summed E-state index contributed by atoms with van der Waals surface area (Å²) in [6.45, 7) is 0.109. The Morgan fingerprint density at radius 2 is 1.86 bits per heavy atom. The van der Waals surface area contributed by atoms with Gasteiger partial charge in [0.25, 0.3) is 10.0 Å². The summed E-state index contributed by atoms with van der Waals surface area (Å²) in [7, 11) is -4.08. The number of ketones is 1. The monoisotopic (exact) mass is 414 g/mol. The molecule has 8 heteroatoms. The van der Waals surface area contributed by atoms with E-state index in [-0.39, 0.29) is 11.4 Å². The molecular formula is C20H15FN2O3S2. The minimum Gasteiger partial charge on any atom is -0.360 e. The fraction of sp³-hybridized carbons (Fsp3) is 0.0500. The van der Waals surface area contributed by atoms with Crippen LogP contribution in [0.25, 0.3) is 0 Å². The van der Waals surface area contributed by atoms with Crippen molar-refractivity contribution in [3.63, 3.8) is 0 Å². The van der Waals surface area contributed by atoms with Crippen molar-refractivity contribution in [2.75, 3.05) is 9.62 Å². The number of sulfonamides is 1. The van der Waals surface area contributed by atoms with Gasteiger partial charge in [-0.05, 0) is 35.2 Å². The minimum absolute atomic E-state index is 0.109. The summed E-state index contributed by atoms with van der Waals surface area (Å²) in [5.41, 5.74) is 1.53. The Labute approximate surface area is 165 Å². The van der Waals surface area contributed by atoms with Gasteiger partial charge in [0, 0.05) is 11.9 Å². The lowest BCUT2D eigenvalue weighted by Crippen LogP contribution is -2.38. The van der Waals surface area contributed by atoms with Crippen molar-refractivity contribution < 1.29 is 17.6 Å². The van der Waals surface area contributed by atoms with Crippen LogP contribution in [0.2, 0.25) is 0 Å². The van der Waals surface area contributed by atoms with Gasteiger partial charge < -0.3 is 5.32 Å². The molecule has 0 atom stereocenters. The molecule has 1 aliphatic heterocycles. The van der Waals surface area contributed by atoms with Crippen molar-refractivity contribution in [3.05, 3.63) is 93.4 Å². The van der Waals surface area contributed by atoms with Crippen molar-refractivity contribution >= 4 is 38.5 Å². The van der Waals surface area contributed by atoms with E-state index in [2.05, 4.69) is 5.32 Å². The highest BCUT2D eigenvalue weighted by Crippen LogP contribution is 2.39. The highest BCUT2D eigenvalue weighted by atomic mass is 32.2. The lowest BCUT2D eigenvalue weighted by Gasteiger charge is -2.29. The predicted molar refractivity (Wildman–Crippen MR) is 108 cm³/mol. The first-order valence-electron chi connectivity index (χ1n) is 8.38. The van der Waals surface area contributed by atoms with Crippen LogP contribution in [0.3, 0.4) is 0 Å². The average molecular weight is 414 g/mol. The molecule has 0 radical (unpaired) electrons. The number of carbonyl (C=O) groups is 1. The molecule has 1 N–H and O–H groups in total. The van der Waals surface area contributed by atoms with Crippen molar-refractivity contribution in [1.29, 1.82) is 0 Å².